The van der Waals surface area contributed by atoms with E-state index in [4.69, 9.17) is 16.7 Å². The van der Waals surface area contributed by atoms with Crippen LogP contribution in [-0.2, 0) is 22.6 Å². The molecule has 2 N–H and O–H groups in total. The van der Waals surface area contributed by atoms with Crippen LogP contribution in [0.4, 0.5) is 5.69 Å². The van der Waals surface area contributed by atoms with E-state index in [-0.39, 0.29) is 18.9 Å². The topological polar surface area (TPSA) is 97.1 Å². The predicted octanol–water partition coefficient (Wildman–Crippen LogP) is 1.51. The van der Waals surface area contributed by atoms with Gasteiger partial charge in [0, 0.05) is 16.9 Å². The van der Waals surface area contributed by atoms with Crippen molar-refractivity contribution in [2.75, 3.05) is 5.32 Å². The van der Waals surface area contributed by atoms with Crippen LogP contribution in [0.3, 0.4) is 0 Å². The number of aliphatic carboxylic acids is 1. The van der Waals surface area contributed by atoms with Crippen molar-refractivity contribution >= 4 is 29.2 Å². The number of halogens is 1. The Balaban J connectivity index is 2.00. The van der Waals surface area contributed by atoms with Crippen LogP contribution in [0.5, 0.6) is 0 Å². The Morgan fingerprint density at radius 2 is 2.19 bits per heavy atom. The number of nitrogens with one attached hydrogen (secondary N) is 1. The van der Waals surface area contributed by atoms with Gasteiger partial charge in [-0.25, -0.2) is 4.68 Å². The number of rotatable bonds is 5. The largest absolute Gasteiger partial charge is 0.481 e. The van der Waals surface area contributed by atoms with E-state index in [0.29, 0.717) is 16.4 Å². The Kier molecular flexibility index (Phi) is 4.54. The number of amides is 1. The molecular weight excluding hydrogens is 296 g/mol. The Labute approximate surface area is 125 Å². The van der Waals surface area contributed by atoms with Gasteiger partial charge in [-0.1, -0.05) is 22.9 Å². The molecule has 21 heavy (non-hydrogen) atoms. The standard InChI is InChI=1S/C13H13ClN4O3/c1-8-2-3-9(14)4-11(8)15-12(19)7-18-6-10(16-17-18)5-13(20)21/h2-4,6H,5,7H2,1H3,(H,15,19)(H,20,21). The van der Waals surface area contributed by atoms with Gasteiger partial charge in [0.25, 0.3) is 0 Å². The van der Waals surface area contributed by atoms with Gasteiger partial charge in [0.2, 0.25) is 5.91 Å². The van der Waals surface area contributed by atoms with Crippen LogP contribution in [0.15, 0.2) is 24.4 Å². The lowest BCUT2D eigenvalue weighted by Gasteiger charge is -2.08. The molecule has 0 bridgehead atoms. The Bertz CT molecular complexity index is 684. The number of hydrogen-bond donors (Lipinski definition) is 2. The summed E-state index contributed by atoms with van der Waals surface area (Å²) in [4.78, 5) is 22.5. The summed E-state index contributed by atoms with van der Waals surface area (Å²) in [6.45, 7) is 1.80. The molecule has 110 valence electrons. The summed E-state index contributed by atoms with van der Waals surface area (Å²) in [7, 11) is 0. The number of carboxylic acids is 1. The molecule has 1 amide bonds. The summed E-state index contributed by atoms with van der Waals surface area (Å²) < 4.78 is 1.29. The molecule has 0 unspecified atom stereocenters. The lowest BCUT2D eigenvalue weighted by atomic mass is 10.2. The summed E-state index contributed by atoms with van der Waals surface area (Å²) in [6, 6.07) is 5.20. The van der Waals surface area contributed by atoms with E-state index in [0.717, 1.165) is 5.56 Å². The number of carboxylic acid groups (broad SMARTS) is 1. The molecule has 2 rings (SSSR count). The average molecular weight is 309 g/mol. The number of benzene rings is 1. The fourth-order valence-corrected chi connectivity index (χ4v) is 1.89. The Morgan fingerprint density at radius 1 is 1.43 bits per heavy atom. The van der Waals surface area contributed by atoms with E-state index in [1.807, 2.05) is 6.92 Å². The normalized spacial score (nSPS) is 10.4. The highest BCUT2D eigenvalue weighted by atomic mass is 35.5. The number of carbonyl (C=O) groups excluding carboxylic acids is 1. The SMILES string of the molecule is Cc1ccc(Cl)cc1NC(=O)Cn1cc(CC(=O)O)nn1. The molecule has 7 nitrogen and oxygen atoms in total. The smallest absolute Gasteiger partial charge is 0.309 e. The summed E-state index contributed by atoms with van der Waals surface area (Å²) in [6.07, 6.45) is 1.20. The van der Waals surface area contributed by atoms with Gasteiger partial charge in [0.15, 0.2) is 0 Å². The van der Waals surface area contributed by atoms with E-state index in [2.05, 4.69) is 15.6 Å². The quantitative estimate of drug-likeness (QED) is 0.872. The first kappa shape index (κ1) is 15.0. The van der Waals surface area contributed by atoms with Crippen LogP contribution >= 0.6 is 11.6 Å². The van der Waals surface area contributed by atoms with Crippen molar-refractivity contribution in [2.45, 2.75) is 19.9 Å². The number of anilines is 1. The minimum absolute atomic E-state index is 0.0570. The van der Waals surface area contributed by atoms with E-state index in [9.17, 15) is 9.59 Å². The molecule has 8 heteroatoms. The van der Waals surface area contributed by atoms with Crippen LogP contribution in [0.25, 0.3) is 0 Å². The van der Waals surface area contributed by atoms with Crippen LogP contribution in [-0.4, -0.2) is 32.0 Å². The third kappa shape index (κ3) is 4.28. The van der Waals surface area contributed by atoms with Gasteiger partial charge in [0.05, 0.1) is 12.1 Å². The molecule has 0 atom stereocenters. The number of carbonyl (C=O) groups is 2. The van der Waals surface area contributed by atoms with Gasteiger partial charge < -0.3 is 10.4 Å². The van der Waals surface area contributed by atoms with Crippen molar-refractivity contribution in [1.82, 2.24) is 15.0 Å². The van der Waals surface area contributed by atoms with Crippen LogP contribution in [0, 0.1) is 6.92 Å². The predicted molar refractivity (Wildman–Crippen MR) is 76.2 cm³/mol. The minimum atomic E-state index is -0.999. The maximum atomic E-state index is 11.9. The second kappa shape index (κ2) is 6.36. The van der Waals surface area contributed by atoms with Crippen molar-refractivity contribution in [1.29, 1.82) is 0 Å². The summed E-state index contributed by atoms with van der Waals surface area (Å²) in [5.41, 5.74) is 1.81. The van der Waals surface area contributed by atoms with Gasteiger partial charge in [0.1, 0.15) is 6.54 Å². The molecule has 0 aliphatic carbocycles. The second-order valence-corrected chi connectivity index (χ2v) is 4.92. The van der Waals surface area contributed by atoms with Crippen LogP contribution < -0.4 is 5.32 Å². The Hall–Kier alpha value is -2.41. The number of nitrogens with zero attached hydrogens (tertiary/aromatic N) is 3. The summed E-state index contributed by atoms with van der Waals surface area (Å²) >= 11 is 5.88. The van der Waals surface area contributed by atoms with Gasteiger partial charge in [-0.15, -0.1) is 5.10 Å². The molecule has 0 spiro atoms. The molecule has 1 aromatic heterocycles. The van der Waals surface area contributed by atoms with Gasteiger partial charge in [-0.05, 0) is 24.6 Å². The van der Waals surface area contributed by atoms with Gasteiger partial charge in [-0.2, -0.15) is 0 Å². The molecule has 1 heterocycles. The van der Waals surface area contributed by atoms with E-state index >= 15 is 0 Å². The fourth-order valence-electron chi connectivity index (χ4n) is 1.72. The number of aromatic nitrogens is 3. The lowest BCUT2D eigenvalue weighted by Crippen LogP contribution is -2.19. The van der Waals surface area contributed by atoms with Crippen molar-refractivity contribution in [3.05, 3.63) is 40.7 Å². The zero-order valence-electron chi connectivity index (χ0n) is 11.2. The highest BCUT2D eigenvalue weighted by molar-refractivity contribution is 6.31. The Morgan fingerprint density at radius 3 is 2.90 bits per heavy atom. The number of aryl methyl sites for hydroxylation is 1. The van der Waals surface area contributed by atoms with E-state index in [1.54, 1.807) is 18.2 Å². The second-order valence-electron chi connectivity index (χ2n) is 4.49. The van der Waals surface area contributed by atoms with Crippen LogP contribution in [0.2, 0.25) is 5.02 Å². The van der Waals surface area contributed by atoms with Crippen molar-refractivity contribution in [3.8, 4) is 0 Å². The molecule has 0 aliphatic rings. The molecule has 0 aliphatic heterocycles. The fraction of sp³-hybridized carbons (Fsp3) is 0.231. The van der Waals surface area contributed by atoms with Crippen molar-refractivity contribution in [3.63, 3.8) is 0 Å². The number of hydrogen-bond acceptors (Lipinski definition) is 4. The zero-order chi connectivity index (χ0) is 15.4. The maximum Gasteiger partial charge on any atom is 0.309 e. The highest BCUT2D eigenvalue weighted by Gasteiger charge is 2.10. The minimum Gasteiger partial charge on any atom is -0.481 e. The summed E-state index contributed by atoms with van der Waals surface area (Å²) in [5, 5.41) is 19.3. The zero-order valence-corrected chi connectivity index (χ0v) is 12.0. The molecular formula is C13H13ClN4O3. The summed E-state index contributed by atoms with van der Waals surface area (Å²) in [5.74, 6) is -1.30. The maximum absolute atomic E-state index is 11.9. The van der Waals surface area contributed by atoms with Crippen LogP contribution in [0.1, 0.15) is 11.3 Å². The first-order valence-electron chi connectivity index (χ1n) is 6.11. The monoisotopic (exact) mass is 308 g/mol. The van der Waals surface area contributed by atoms with E-state index < -0.39 is 5.97 Å². The molecule has 0 fully saturated rings. The van der Waals surface area contributed by atoms with Crippen molar-refractivity contribution < 1.29 is 14.7 Å². The molecule has 0 saturated heterocycles. The molecule has 2 aromatic rings. The third-order valence-electron chi connectivity index (χ3n) is 2.70. The first-order valence-corrected chi connectivity index (χ1v) is 6.48. The molecule has 0 saturated carbocycles. The highest BCUT2D eigenvalue weighted by Crippen LogP contribution is 2.20. The average Bonchev–Trinajstić information content (AvgIpc) is 2.80. The molecule has 1 aromatic carbocycles. The van der Waals surface area contributed by atoms with Gasteiger partial charge in [-0.3, -0.25) is 9.59 Å². The third-order valence-corrected chi connectivity index (χ3v) is 2.93. The van der Waals surface area contributed by atoms with Crippen molar-refractivity contribution in [2.24, 2.45) is 0 Å². The lowest BCUT2D eigenvalue weighted by molar-refractivity contribution is -0.136. The molecule has 0 radical (unpaired) electrons. The van der Waals surface area contributed by atoms with E-state index in [1.165, 1.54) is 10.9 Å². The first-order chi connectivity index (χ1) is 9.94. The van der Waals surface area contributed by atoms with Gasteiger partial charge >= 0.3 is 5.97 Å².